The SMILES string of the molecule is C=C/C(=C\C=C\N(C(=C)CCC1=CC(c2ccccc2)(c2ccccc2)c2ccccc21)c1ccc(/C=C/CC/C=C/c2ccccc2)cc1)c1ccc(=C/C)/c(=C2/C=CC=CC2)c1. The first-order valence-corrected chi connectivity index (χ1v) is 22.6. The van der Waals surface area contributed by atoms with Crippen molar-refractivity contribution in [3.63, 3.8) is 0 Å². The summed E-state index contributed by atoms with van der Waals surface area (Å²) in [5, 5.41) is 2.50. The normalized spacial score (nSPS) is 15.5. The minimum absolute atomic E-state index is 0.376. The fraction of sp³-hybridized carbons (Fsp3) is 0.111. The van der Waals surface area contributed by atoms with Gasteiger partial charge in [0.25, 0.3) is 0 Å². The van der Waals surface area contributed by atoms with Crippen LogP contribution in [-0.4, -0.2) is 0 Å². The van der Waals surface area contributed by atoms with Crippen molar-refractivity contribution in [3.05, 3.63) is 293 Å². The molecule has 0 saturated heterocycles. The van der Waals surface area contributed by atoms with Gasteiger partial charge in [0.1, 0.15) is 0 Å². The van der Waals surface area contributed by atoms with E-state index in [4.69, 9.17) is 6.58 Å². The van der Waals surface area contributed by atoms with Crippen molar-refractivity contribution < 1.29 is 0 Å². The summed E-state index contributed by atoms with van der Waals surface area (Å²) < 4.78 is 0. The number of hydrogen-bond donors (Lipinski definition) is 0. The van der Waals surface area contributed by atoms with E-state index in [0.29, 0.717) is 0 Å². The molecule has 6 aromatic rings. The van der Waals surface area contributed by atoms with Crippen molar-refractivity contribution in [2.75, 3.05) is 4.90 Å². The predicted octanol–water partition coefficient (Wildman–Crippen LogP) is 15.0. The van der Waals surface area contributed by atoms with Gasteiger partial charge >= 0.3 is 0 Å². The Balaban J connectivity index is 1.08. The molecule has 1 heteroatoms. The van der Waals surface area contributed by atoms with E-state index in [1.165, 1.54) is 55.0 Å². The molecule has 0 N–H and O–H groups in total. The van der Waals surface area contributed by atoms with Gasteiger partial charge < -0.3 is 4.90 Å². The van der Waals surface area contributed by atoms with Crippen LogP contribution in [0.2, 0.25) is 0 Å². The minimum atomic E-state index is -0.376. The zero-order valence-corrected chi connectivity index (χ0v) is 37.0. The molecule has 0 bridgehead atoms. The summed E-state index contributed by atoms with van der Waals surface area (Å²) in [6.45, 7) is 11.1. The van der Waals surface area contributed by atoms with E-state index in [1.54, 1.807) is 0 Å². The largest absolute Gasteiger partial charge is 0.322 e. The fourth-order valence-electron chi connectivity index (χ4n) is 8.99. The molecule has 6 aromatic carbocycles. The number of allylic oxidation sites excluding steroid dienone is 13. The maximum absolute atomic E-state index is 4.75. The molecule has 64 heavy (non-hydrogen) atoms. The van der Waals surface area contributed by atoms with Crippen LogP contribution in [0.5, 0.6) is 0 Å². The van der Waals surface area contributed by atoms with Crippen LogP contribution in [-0.2, 0) is 5.41 Å². The molecule has 0 amide bonds. The lowest BCUT2D eigenvalue weighted by Gasteiger charge is -2.30. The van der Waals surface area contributed by atoms with Crippen LogP contribution < -0.4 is 15.3 Å². The van der Waals surface area contributed by atoms with Gasteiger partial charge in [-0.25, -0.2) is 0 Å². The molecular formula is C63H57N. The zero-order chi connectivity index (χ0) is 44.0. The predicted molar refractivity (Wildman–Crippen MR) is 278 cm³/mol. The van der Waals surface area contributed by atoms with E-state index in [-0.39, 0.29) is 5.41 Å². The van der Waals surface area contributed by atoms with Crippen LogP contribution in [0, 0.1) is 0 Å². The highest BCUT2D eigenvalue weighted by molar-refractivity contribution is 5.82. The Morgan fingerprint density at radius 1 is 0.703 bits per heavy atom. The Bertz CT molecular complexity index is 2870. The molecule has 314 valence electrons. The molecule has 1 nitrogen and oxygen atoms in total. The van der Waals surface area contributed by atoms with Crippen molar-refractivity contribution in [1.82, 2.24) is 0 Å². The number of hydrogen-bond acceptors (Lipinski definition) is 1. The van der Waals surface area contributed by atoms with Crippen LogP contribution in [0.4, 0.5) is 5.69 Å². The Morgan fingerprint density at radius 3 is 1.98 bits per heavy atom. The molecule has 0 aliphatic heterocycles. The average molecular weight is 828 g/mol. The second-order valence-electron chi connectivity index (χ2n) is 16.4. The second-order valence-corrected chi connectivity index (χ2v) is 16.4. The average Bonchev–Trinajstić information content (AvgIpc) is 3.70. The molecule has 0 radical (unpaired) electrons. The van der Waals surface area contributed by atoms with Gasteiger partial charge in [-0.15, -0.1) is 0 Å². The molecule has 2 aliphatic carbocycles. The van der Waals surface area contributed by atoms with Gasteiger partial charge in [0.2, 0.25) is 0 Å². The molecule has 0 saturated carbocycles. The molecule has 0 unspecified atom stereocenters. The number of nitrogens with zero attached hydrogens (tertiary/aromatic N) is 1. The molecule has 2 aliphatic rings. The molecule has 8 rings (SSSR count). The molecule has 0 aromatic heterocycles. The van der Waals surface area contributed by atoms with E-state index >= 15 is 0 Å². The second kappa shape index (κ2) is 21.1. The van der Waals surface area contributed by atoms with Crippen LogP contribution >= 0.6 is 0 Å². The topological polar surface area (TPSA) is 3.24 Å². The standard InChI is InChI=1S/C63H57N/c1-4-52(55-43-42-53(5-2)61(47-55)54-29-16-9-17-30-54)31-24-46-64(59-44-39-51(40-45-59)28-13-7-6-12-25-50-26-14-8-15-27-50)49(3)38-41-56-48-63(57-32-18-10-19-33-57,58-34-20-11-21-35-58)62-37-23-22-36-60(56)62/h4-5,8-29,31-37,39-40,42-48H,1,3,6-7,30,38,41H2,2H3/b25-12+,28-13+,46-24+,52-31+,53-5-,61-54-. The highest BCUT2D eigenvalue weighted by Crippen LogP contribution is 2.50. The van der Waals surface area contributed by atoms with E-state index < -0.39 is 0 Å². The smallest absolute Gasteiger partial charge is 0.0643 e. The van der Waals surface area contributed by atoms with E-state index in [2.05, 4.69) is 255 Å². The van der Waals surface area contributed by atoms with Gasteiger partial charge in [-0.3, -0.25) is 0 Å². The van der Waals surface area contributed by atoms with Crippen LogP contribution in [0.3, 0.4) is 0 Å². The first-order chi connectivity index (χ1) is 31.6. The van der Waals surface area contributed by atoms with Gasteiger partial charge in [0.05, 0.1) is 5.41 Å². The summed E-state index contributed by atoms with van der Waals surface area (Å²) in [5.41, 5.74) is 14.2. The van der Waals surface area contributed by atoms with E-state index in [0.717, 1.165) is 54.6 Å². The number of unbranched alkanes of at least 4 members (excludes halogenated alkanes) is 1. The first kappa shape index (κ1) is 43.2. The van der Waals surface area contributed by atoms with Gasteiger partial charge in [-0.2, -0.15) is 0 Å². The highest BCUT2D eigenvalue weighted by atomic mass is 15.1. The third kappa shape index (κ3) is 9.91. The third-order valence-electron chi connectivity index (χ3n) is 12.3. The third-order valence-corrected chi connectivity index (χ3v) is 12.3. The first-order valence-electron chi connectivity index (χ1n) is 22.6. The molecule has 0 atom stereocenters. The van der Waals surface area contributed by atoms with E-state index in [1.807, 2.05) is 6.08 Å². The molecule has 0 fully saturated rings. The summed E-state index contributed by atoms with van der Waals surface area (Å²) >= 11 is 0. The zero-order valence-electron chi connectivity index (χ0n) is 37.0. The lowest BCUT2D eigenvalue weighted by atomic mass is 9.71. The summed E-state index contributed by atoms with van der Waals surface area (Å²) in [7, 11) is 0. The van der Waals surface area contributed by atoms with Gasteiger partial charge in [0, 0.05) is 17.6 Å². The monoisotopic (exact) mass is 827 g/mol. The van der Waals surface area contributed by atoms with Crippen molar-refractivity contribution in [2.45, 2.75) is 44.4 Å². The maximum atomic E-state index is 4.75. The van der Waals surface area contributed by atoms with E-state index in [9.17, 15) is 0 Å². The van der Waals surface area contributed by atoms with Crippen molar-refractivity contribution in [3.8, 4) is 0 Å². The van der Waals surface area contributed by atoms with Gasteiger partial charge in [-0.1, -0.05) is 226 Å². The minimum Gasteiger partial charge on any atom is -0.322 e. The lowest BCUT2D eigenvalue weighted by Crippen LogP contribution is -2.27. The summed E-state index contributed by atoms with van der Waals surface area (Å²) in [6, 6.07) is 56.8. The quantitative estimate of drug-likeness (QED) is 0.0694. The lowest BCUT2D eigenvalue weighted by molar-refractivity contribution is 0.793. The van der Waals surface area contributed by atoms with Crippen LogP contribution in [0.25, 0.3) is 34.9 Å². The summed E-state index contributed by atoms with van der Waals surface area (Å²) in [6.07, 6.45) is 35.2. The van der Waals surface area contributed by atoms with Gasteiger partial charge in [-0.05, 0) is 129 Å². The number of anilines is 1. The Labute approximate surface area is 381 Å². The number of rotatable bonds is 16. The number of benzene rings is 6. The highest BCUT2D eigenvalue weighted by Gasteiger charge is 2.40. The summed E-state index contributed by atoms with van der Waals surface area (Å²) in [5.74, 6) is 0. The molecule has 0 heterocycles. The Morgan fingerprint density at radius 2 is 1.34 bits per heavy atom. The van der Waals surface area contributed by atoms with Crippen molar-refractivity contribution in [1.29, 1.82) is 0 Å². The fourth-order valence-corrected chi connectivity index (χ4v) is 8.99. The van der Waals surface area contributed by atoms with Gasteiger partial charge in [0.15, 0.2) is 0 Å². The Kier molecular flexibility index (Phi) is 14.2. The molecule has 0 spiro atoms. The number of fused-ring (bicyclic) bond motifs is 1. The van der Waals surface area contributed by atoms with Crippen molar-refractivity contribution >= 4 is 40.6 Å². The van der Waals surface area contributed by atoms with Crippen LogP contribution in [0.15, 0.2) is 244 Å². The summed E-state index contributed by atoms with van der Waals surface area (Å²) in [4.78, 5) is 2.25. The molecular weight excluding hydrogens is 771 g/mol. The van der Waals surface area contributed by atoms with Crippen molar-refractivity contribution in [2.24, 2.45) is 0 Å². The van der Waals surface area contributed by atoms with Crippen LogP contribution in [0.1, 0.15) is 78.0 Å². The maximum Gasteiger partial charge on any atom is 0.0643 e. The Hall–Kier alpha value is -7.48.